The van der Waals surface area contributed by atoms with E-state index in [1.807, 2.05) is 49.0 Å². The van der Waals surface area contributed by atoms with Crippen molar-refractivity contribution in [2.24, 2.45) is 7.05 Å². The molecule has 0 amide bonds. The fourth-order valence-corrected chi connectivity index (χ4v) is 2.76. The molecular weight excluding hydrogens is 280 g/mol. The van der Waals surface area contributed by atoms with Gasteiger partial charge in [-0.25, -0.2) is 4.98 Å². The van der Waals surface area contributed by atoms with Crippen LogP contribution in [-0.4, -0.2) is 14.8 Å². The maximum atomic E-state index is 9.35. The van der Waals surface area contributed by atoms with Crippen LogP contribution in [0.2, 0.25) is 0 Å². The van der Waals surface area contributed by atoms with E-state index in [1.54, 1.807) is 17.0 Å². The van der Waals surface area contributed by atoms with Crippen molar-refractivity contribution in [1.29, 1.82) is 5.26 Å². The van der Waals surface area contributed by atoms with Gasteiger partial charge < -0.3 is 0 Å². The lowest BCUT2D eigenvalue weighted by atomic mass is 10.2. The zero-order valence-electron chi connectivity index (χ0n) is 11.4. The standard InChI is InChI=1S/C16H12N4S/c1-20-10-12(9-18-20)7-14(8-17)16-19-15(11-21-16)13-5-3-2-4-6-13/h2-7,9-11H,1H3. The van der Waals surface area contributed by atoms with E-state index in [0.717, 1.165) is 21.8 Å². The number of nitrogens with zero attached hydrogens (tertiary/aromatic N) is 4. The summed E-state index contributed by atoms with van der Waals surface area (Å²) in [6, 6.07) is 12.2. The number of aryl methyl sites for hydroxylation is 1. The highest BCUT2D eigenvalue weighted by Crippen LogP contribution is 2.26. The molecule has 0 saturated heterocycles. The molecule has 102 valence electrons. The van der Waals surface area contributed by atoms with Gasteiger partial charge in [0.15, 0.2) is 0 Å². The predicted molar refractivity (Wildman–Crippen MR) is 84.2 cm³/mol. The molecule has 0 radical (unpaired) electrons. The lowest BCUT2D eigenvalue weighted by Crippen LogP contribution is -1.84. The van der Waals surface area contributed by atoms with Gasteiger partial charge in [0.25, 0.3) is 0 Å². The molecule has 0 atom stereocenters. The van der Waals surface area contributed by atoms with Crippen molar-refractivity contribution >= 4 is 23.0 Å². The summed E-state index contributed by atoms with van der Waals surface area (Å²) in [5.41, 5.74) is 3.39. The maximum Gasteiger partial charge on any atom is 0.134 e. The van der Waals surface area contributed by atoms with Gasteiger partial charge >= 0.3 is 0 Å². The van der Waals surface area contributed by atoms with Crippen LogP contribution in [0.5, 0.6) is 0 Å². The Morgan fingerprint density at radius 2 is 2.14 bits per heavy atom. The van der Waals surface area contributed by atoms with E-state index in [1.165, 1.54) is 11.3 Å². The van der Waals surface area contributed by atoms with Crippen LogP contribution >= 0.6 is 11.3 Å². The van der Waals surface area contributed by atoms with Crippen LogP contribution in [-0.2, 0) is 7.05 Å². The Balaban J connectivity index is 1.95. The Morgan fingerprint density at radius 1 is 1.33 bits per heavy atom. The Hall–Kier alpha value is -2.71. The van der Waals surface area contributed by atoms with Gasteiger partial charge in [0, 0.05) is 29.8 Å². The first-order valence-corrected chi connectivity index (χ1v) is 7.26. The van der Waals surface area contributed by atoms with Crippen LogP contribution in [0.25, 0.3) is 22.9 Å². The van der Waals surface area contributed by atoms with Gasteiger partial charge in [-0.2, -0.15) is 10.4 Å². The summed E-state index contributed by atoms with van der Waals surface area (Å²) in [6.45, 7) is 0. The van der Waals surface area contributed by atoms with Crippen LogP contribution in [0.1, 0.15) is 10.6 Å². The van der Waals surface area contributed by atoms with Crippen molar-refractivity contribution in [3.63, 3.8) is 0 Å². The van der Waals surface area contributed by atoms with E-state index in [9.17, 15) is 5.26 Å². The Kier molecular flexibility index (Phi) is 3.63. The fraction of sp³-hybridized carbons (Fsp3) is 0.0625. The quantitative estimate of drug-likeness (QED) is 0.693. The largest absolute Gasteiger partial charge is 0.275 e. The van der Waals surface area contributed by atoms with Crippen molar-refractivity contribution in [2.45, 2.75) is 0 Å². The third-order valence-electron chi connectivity index (χ3n) is 2.96. The Labute approximate surface area is 126 Å². The molecule has 2 aromatic heterocycles. The van der Waals surface area contributed by atoms with Crippen molar-refractivity contribution in [1.82, 2.24) is 14.8 Å². The van der Waals surface area contributed by atoms with E-state index >= 15 is 0 Å². The zero-order chi connectivity index (χ0) is 14.7. The number of thiazole rings is 1. The summed E-state index contributed by atoms with van der Waals surface area (Å²) in [5.74, 6) is 0. The van der Waals surface area contributed by atoms with Crippen LogP contribution in [0.3, 0.4) is 0 Å². The monoisotopic (exact) mass is 292 g/mol. The van der Waals surface area contributed by atoms with Crippen LogP contribution in [0.4, 0.5) is 0 Å². The Bertz CT molecular complexity index is 821. The topological polar surface area (TPSA) is 54.5 Å². The summed E-state index contributed by atoms with van der Waals surface area (Å²) in [5, 5.41) is 16.1. The number of aromatic nitrogens is 3. The minimum Gasteiger partial charge on any atom is -0.275 e. The number of hydrogen-bond donors (Lipinski definition) is 0. The SMILES string of the molecule is Cn1cc(C=C(C#N)c2nc(-c3ccccc3)cs2)cn1. The van der Waals surface area contributed by atoms with Crippen molar-refractivity contribution < 1.29 is 0 Å². The summed E-state index contributed by atoms with van der Waals surface area (Å²) in [4.78, 5) is 4.56. The molecule has 2 heterocycles. The first kappa shape index (κ1) is 13.3. The molecule has 3 aromatic rings. The zero-order valence-corrected chi connectivity index (χ0v) is 12.2. The molecule has 1 aromatic carbocycles. The minimum absolute atomic E-state index is 0.551. The molecule has 0 aliphatic carbocycles. The van der Waals surface area contributed by atoms with E-state index in [0.29, 0.717) is 5.57 Å². The highest BCUT2D eigenvalue weighted by molar-refractivity contribution is 7.11. The molecule has 5 heteroatoms. The first-order valence-electron chi connectivity index (χ1n) is 6.38. The predicted octanol–water partition coefficient (Wildman–Crippen LogP) is 3.61. The number of allylic oxidation sites excluding steroid dienone is 1. The second-order valence-electron chi connectivity index (χ2n) is 4.52. The highest BCUT2D eigenvalue weighted by Gasteiger charge is 2.09. The van der Waals surface area contributed by atoms with Crippen molar-refractivity contribution in [2.75, 3.05) is 0 Å². The highest BCUT2D eigenvalue weighted by atomic mass is 32.1. The second kappa shape index (κ2) is 5.73. The third-order valence-corrected chi connectivity index (χ3v) is 3.84. The van der Waals surface area contributed by atoms with E-state index in [-0.39, 0.29) is 0 Å². The molecule has 0 unspecified atom stereocenters. The average molecular weight is 292 g/mol. The first-order chi connectivity index (χ1) is 10.3. The molecule has 0 spiro atoms. The van der Waals surface area contributed by atoms with Gasteiger partial charge in [-0.05, 0) is 6.08 Å². The third kappa shape index (κ3) is 2.91. The lowest BCUT2D eigenvalue weighted by molar-refractivity contribution is 0.767. The molecule has 0 aliphatic rings. The van der Waals surface area contributed by atoms with E-state index in [4.69, 9.17) is 0 Å². The van der Waals surface area contributed by atoms with Gasteiger partial charge in [0.1, 0.15) is 11.1 Å². The number of benzene rings is 1. The normalized spacial score (nSPS) is 11.3. The molecule has 0 saturated carbocycles. The molecule has 0 bridgehead atoms. The van der Waals surface area contributed by atoms with Crippen LogP contribution in [0.15, 0.2) is 48.1 Å². The Morgan fingerprint density at radius 3 is 2.81 bits per heavy atom. The fourth-order valence-electron chi connectivity index (χ4n) is 1.96. The maximum absolute atomic E-state index is 9.35. The molecule has 21 heavy (non-hydrogen) atoms. The molecule has 0 N–H and O–H groups in total. The van der Waals surface area contributed by atoms with Gasteiger partial charge in [0.2, 0.25) is 0 Å². The molecule has 3 rings (SSSR count). The summed E-state index contributed by atoms with van der Waals surface area (Å²) in [7, 11) is 1.85. The van der Waals surface area contributed by atoms with E-state index in [2.05, 4.69) is 16.2 Å². The van der Waals surface area contributed by atoms with Gasteiger partial charge in [-0.1, -0.05) is 30.3 Å². The smallest absolute Gasteiger partial charge is 0.134 e. The van der Waals surface area contributed by atoms with Crippen molar-refractivity contribution in [3.05, 3.63) is 58.7 Å². The molecule has 0 aliphatic heterocycles. The summed E-state index contributed by atoms with van der Waals surface area (Å²) < 4.78 is 1.71. The van der Waals surface area contributed by atoms with Gasteiger partial charge in [-0.15, -0.1) is 11.3 Å². The number of nitriles is 1. The second-order valence-corrected chi connectivity index (χ2v) is 5.38. The van der Waals surface area contributed by atoms with Crippen LogP contribution in [0, 0.1) is 11.3 Å². The lowest BCUT2D eigenvalue weighted by Gasteiger charge is -1.94. The molecule has 4 nitrogen and oxygen atoms in total. The van der Waals surface area contributed by atoms with E-state index < -0.39 is 0 Å². The van der Waals surface area contributed by atoms with Crippen molar-refractivity contribution in [3.8, 4) is 17.3 Å². The van der Waals surface area contributed by atoms with Crippen LogP contribution < -0.4 is 0 Å². The molecular formula is C16H12N4S. The molecule has 0 fully saturated rings. The summed E-state index contributed by atoms with van der Waals surface area (Å²) in [6.07, 6.45) is 5.40. The summed E-state index contributed by atoms with van der Waals surface area (Å²) >= 11 is 1.47. The van der Waals surface area contributed by atoms with Gasteiger partial charge in [-0.3, -0.25) is 4.68 Å². The minimum atomic E-state index is 0.551. The number of rotatable bonds is 3. The number of hydrogen-bond acceptors (Lipinski definition) is 4. The van der Waals surface area contributed by atoms with Gasteiger partial charge in [0.05, 0.1) is 17.5 Å². The average Bonchev–Trinajstić information content (AvgIpc) is 3.15.